The number of rotatable bonds is 4. The summed E-state index contributed by atoms with van der Waals surface area (Å²) in [6.07, 6.45) is 1.01. The molecule has 9 rings (SSSR count). The molecule has 0 spiro atoms. The second-order valence-corrected chi connectivity index (χ2v) is 12.0. The second kappa shape index (κ2) is 10.5. The Morgan fingerprint density at radius 2 is 0.778 bits per heavy atom. The van der Waals surface area contributed by atoms with Crippen molar-refractivity contribution >= 4 is 21.5 Å². The lowest BCUT2D eigenvalue weighted by Crippen LogP contribution is -1.91. The highest BCUT2D eigenvalue weighted by molar-refractivity contribution is 6.22. The fourth-order valence-electron chi connectivity index (χ4n) is 7.46. The zero-order valence-electron chi connectivity index (χ0n) is 24.9. The van der Waals surface area contributed by atoms with Gasteiger partial charge in [0.1, 0.15) is 0 Å². The van der Waals surface area contributed by atoms with Crippen LogP contribution in [0.3, 0.4) is 0 Å². The third-order valence-corrected chi connectivity index (χ3v) is 9.50. The van der Waals surface area contributed by atoms with E-state index >= 15 is 0 Å². The van der Waals surface area contributed by atoms with Gasteiger partial charge in [-0.15, -0.1) is 0 Å². The summed E-state index contributed by atoms with van der Waals surface area (Å²) < 4.78 is 0. The van der Waals surface area contributed by atoms with Gasteiger partial charge in [-0.25, -0.2) is 0 Å². The third-order valence-electron chi connectivity index (χ3n) is 9.50. The molecule has 0 N–H and O–H groups in total. The fraction of sp³-hybridized carbons (Fsp3) is 0.0222. The van der Waals surface area contributed by atoms with Crippen LogP contribution in [0.5, 0.6) is 0 Å². The summed E-state index contributed by atoms with van der Waals surface area (Å²) in [5, 5.41) is 5.11. The Labute approximate surface area is 263 Å². The lowest BCUT2D eigenvalue weighted by Gasteiger charge is -2.19. The van der Waals surface area contributed by atoms with E-state index in [1.165, 1.54) is 88.3 Å². The molecule has 0 saturated heterocycles. The number of hydrogen-bond acceptors (Lipinski definition) is 0. The van der Waals surface area contributed by atoms with Crippen molar-refractivity contribution in [1.29, 1.82) is 0 Å². The lowest BCUT2D eigenvalue weighted by atomic mass is 9.85. The zero-order chi connectivity index (χ0) is 29.7. The van der Waals surface area contributed by atoms with E-state index in [9.17, 15) is 0 Å². The number of benzene rings is 8. The fourth-order valence-corrected chi connectivity index (χ4v) is 7.46. The molecule has 0 heteroatoms. The van der Waals surface area contributed by atoms with E-state index in [1.807, 2.05) is 0 Å². The Hall–Kier alpha value is -5.72. The SMILES string of the molecule is c1ccc(-c2c3ccccc3c(-c3ccccc3)c3cc(-c4ccc(-c5cccc6c5-c5ccccc5C6)cc4)ccc23)cc1. The van der Waals surface area contributed by atoms with Gasteiger partial charge < -0.3 is 0 Å². The van der Waals surface area contributed by atoms with Crippen LogP contribution in [-0.4, -0.2) is 0 Å². The van der Waals surface area contributed by atoms with E-state index in [1.54, 1.807) is 0 Å². The Kier molecular flexibility index (Phi) is 5.99. The minimum Gasteiger partial charge on any atom is -0.0622 e. The largest absolute Gasteiger partial charge is 0.0622 e. The van der Waals surface area contributed by atoms with Crippen molar-refractivity contribution in [1.82, 2.24) is 0 Å². The smallest absolute Gasteiger partial charge is 0.00132 e. The van der Waals surface area contributed by atoms with Crippen LogP contribution in [0.1, 0.15) is 11.1 Å². The maximum Gasteiger partial charge on any atom is -0.00132 e. The van der Waals surface area contributed by atoms with Crippen molar-refractivity contribution in [2.75, 3.05) is 0 Å². The molecular formula is C45H30. The van der Waals surface area contributed by atoms with Gasteiger partial charge in [-0.2, -0.15) is 0 Å². The van der Waals surface area contributed by atoms with Gasteiger partial charge in [0, 0.05) is 0 Å². The number of fused-ring (bicyclic) bond motifs is 5. The summed E-state index contributed by atoms with van der Waals surface area (Å²) in [5.74, 6) is 0. The Morgan fingerprint density at radius 1 is 0.267 bits per heavy atom. The molecule has 8 aromatic carbocycles. The molecule has 0 bridgehead atoms. The first-order valence-corrected chi connectivity index (χ1v) is 15.7. The van der Waals surface area contributed by atoms with Crippen LogP contribution in [0.25, 0.3) is 77.2 Å². The highest BCUT2D eigenvalue weighted by atomic mass is 14.3. The van der Waals surface area contributed by atoms with Gasteiger partial charge >= 0.3 is 0 Å². The molecule has 0 heterocycles. The van der Waals surface area contributed by atoms with E-state index in [4.69, 9.17) is 0 Å². The van der Waals surface area contributed by atoms with Crippen molar-refractivity contribution in [3.63, 3.8) is 0 Å². The van der Waals surface area contributed by atoms with Crippen LogP contribution < -0.4 is 0 Å². The van der Waals surface area contributed by atoms with E-state index in [0.29, 0.717) is 0 Å². The van der Waals surface area contributed by atoms with Gasteiger partial charge in [0.25, 0.3) is 0 Å². The lowest BCUT2D eigenvalue weighted by molar-refractivity contribution is 1.26. The molecule has 0 nitrogen and oxygen atoms in total. The molecule has 0 atom stereocenters. The summed E-state index contributed by atoms with van der Waals surface area (Å²) in [5.41, 5.74) is 15.7. The molecule has 1 aliphatic rings. The molecule has 0 radical (unpaired) electrons. The molecule has 1 aliphatic carbocycles. The highest BCUT2D eigenvalue weighted by Gasteiger charge is 2.22. The van der Waals surface area contributed by atoms with Gasteiger partial charge in [0.2, 0.25) is 0 Å². The Balaban J connectivity index is 1.23. The summed E-state index contributed by atoms with van der Waals surface area (Å²) in [6.45, 7) is 0. The summed E-state index contributed by atoms with van der Waals surface area (Å²) >= 11 is 0. The minimum atomic E-state index is 1.01. The van der Waals surface area contributed by atoms with Crippen LogP contribution in [-0.2, 0) is 6.42 Å². The van der Waals surface area contributed by atoms with Gasteiger partial charge in [-0.05, 0) is 101 Å². The molecule has 0 aliphatic heterocycles. The first-order valence-electron chi connectivity index (χ1n) is 15.7. The average molecular weight is 571 g/mol. The first-order chi connectivity index (χ1) is 22.3. The average Bonchev–Trinajstić information content (AvgIpc) is 3.50. The van der Waals surface area contributed by atoms with Crippen molar-refractivity contribution in [2.24, 2.45) is 0 Å². The van der Waals surface area contributed by atoms with Crippen LogP contribution in [0, 0.1) is 0 Å². The van der Waals surface area contributed by atoms with E-state index in [2.05, 4.69) is 170 Å². The summed E-state index contributed by atoms with van der Waals surface area (Å²) in [6, 6.07) is 62.4. The first kappa shape index (κ1) is 25.7. The molecule has 0 aromatic heterocycles. The topological polar surface area (TPSA) is 0 Å². The zero-order valence-corrected chi connectivity index (χ0v) is 24.9. The predicted octanol–water partition coefficient (Wildman–Crippen LogP) is 12.2. The molecule has 0 amide bonds. The van der Waals surface area contributed by atoms with E-state index < -0.39 is 0 Å². The molecule has 0 saturated carbocycles. The van der Waals surface area contributed by atoms with Crippen molar-refractivity contribution in [2.45, 2.75) is 6.42 Å². The maximum absolute atomic E-state index is 2.40. The molecule has 0 unspecified atom stereocenters. The molecule has 45 heavy (non-hydrogen) atoms. The third kappa shape index (κ3) is 4.22. The summed E-state index contributed by atoms with van der Waals surface area (Å²) in [4.78, 5) is 0. The number of hydrogen-bond donors (Lipinski definition) is 0. The van der Waals surface area contributed by atoms with Gasteiger partial charge in [-0.1, -0.05) is 164 Å². The van der Waals surface area contributed by atoms with Crippen LogP contribution in [0.4, 0.5) is 0 Å². The summed E-state index contributed by atoms with van der Waals surface area (Å²) in [7, 11) is 0. The van der Waals surface area contributed by atoms with Crippen LogP contribution in [0.15, 0.2) is 170 Å². The van der Waals surface area contributed by atoms with E-state index in [-0.39, 0.29) is 0 Å². The van der Waals surface area contributed by atoms with Crippen molar-refractivity contribution in [3.8, 4) is 55.6 Å². The maximum atomic E-state index is 2.40. The predicted molar refractivity (Wildman–Crippen MR) is 191 cm³/mol. The standard InChI is InChI=1S/C45H30/c1-3-12-32(13-4-1)43-39-19-9-10-20-40(39)44(33-14-5-2-6-15-33)42-29-34(26-27-41(42)43)30-22-24-31(25-23-30)37-21-11-17-36-28-35-16-7-8-18-38(35)45(36)37/h1-27,29H,28H2. The Morgan fingerprint density at radius 3 is 1.49 bits per heavy atom. The second-order valence-electron chi connectivity index (χ2n) is 12.0. The van der Waals surface area contributed by atoms with Gasteiger partial charge in [0.05, 0.1) is 0 Å². The van der Waals surface area contributed by atoms with Gasteiger partial charge in [-0.3, -0.25) is 0 Å². The minimum absolute atomic E-state index is 1.01. The monoisotopic (exact) mass is 570 g/mol. The van der Waals surface area contributed by atoms with Crippen molar-refractivity contribution in [3.05, 3.63) is 181 Å². The molecule has 8 aromatic rings. The molecular weight excluding hydrogens is 540 g/mol. The Bertz CT molecular complexity index is 2360. The van der Waals surface area contributed by atoms with Crippen LogP contribution in [0.2, 0.25) is 0 Å². The molecule has 0 fully saturated rings. The quantitative estimate of drug-likeness (QED) is 0.185. The van der Waals surface area contributed by atoms with E-state index in [0.717, 1.165) is 6.42 Å². The van der Waals surface area contributed by atoms with Crippen LogP contribution >= 0.6 is 0 Å². The highest BCUT2D eigenvalue weighted by Crippen LogP contribution is 2.46. The normalized spacial score (nSPS) is 11.9. The van der Waals surface area contributed by atoms with Crippen molar-refractivity contribution < 1.29 is 0 Å². The molecule has 210 valence electrons. The van der Waals surface area contributed by atoms with Gasteiger partial charge in [0.15, 0.2) is 0 Å².